The van der Waals surface area contributed by atoms with E-state index in [9.17, 15) is 0 Å². The largest absolute Gasteiger partial charge is 0.273 e. The predicted octanol–water partition coefficient (Wildman–Crippen LogP) is 3.31. The average Bonchev–Trinajstić information content (AvgIpc) is 2.83. The van der Waals surface area contributed by atoms with E-state index in [1.807, 2.05) is 4.68 Å². The summed E-state index contributed by atoms with van der Waals surface area (Å²) in [5, 5.41) is 9.26. The zero-order valence-corrected chi connectivity index (χ0v) is 17.2. The van der Waals surface area contributed by atoms with Crippen LogP contribution in [0.1, 0.15) is 32.2 Å². The van der Waals surface area contributed by atoms with Crippen LogP contribution in [0, 0.1) is 13.8 Å². The maximum atomic E-state index is 4.79. The fraction of sp³-hybridized carbons (Fsp3) is 0.318. The minimum atomic E-state index is -2.28. The van der Waals surface area contributed by atoms with Gasteiger partial charge >= 0.3 is 0 Å². The molecule has 2 aromatic carbocycles. The van der Waals surface area contributed by atoms with E-state index in [2.05, 4.69) is 102 Å². The van der Waals surface area contributed by atoms with Gasteiger partial charge in [0.05, 0.1) is 5.69 Å². The molecule has 0 bridgehead atoms. The molecule has 1 aromatic heterocycles. The molecule has 0 amide bonds. The van der Waals surface area contributed by atoms with Gasteiger partial charge in [0.1, 0.15) is 0 Å². The third-order valence-electron chi connectivity index (χ3n) is 5.42. The van der Waals surface area contributed by atoms with Gasteiger partial charge < -0.3 is 0 Å². The lowest BCUT2D eigenvalue weighted by molar-refractivity contribution is 0.730. The first-order valence-corrected chi connectivity index (χ1v) is 10.9. The second-order valence-electron chi connectivity index (χ2n) is 7.90. The van der Waals surface area contributed by atoms with Crippen LogP contribution in [0.5, 0.6) is 0 Å². The fourth-order valence-electron chi connectivity index (χ4n) is 4.39. The lowest BCUT2D eigenvalue weighted by Crippen LogP contribution is -2.73. The molecular weight excluding hydrogens is 320 g/mol. The van der Waals surface area contributed by atoms with Crippen LogP contribution in [-0.2, 0) is 7.05 Å². The van der Waals surface area contributed by atoms with Crippen molar-refractivity contribution in [1.29, 1.82) is 0 Å². The summed E-state index contributed by atoms with van der Waals surface area (Å²) in [5.74, 6) is 0. The molecule has 3 aromatic rings. The lowest BCUT2D eigenvalue weighted by atomic mass is 10.2. The summed E-state index contributed by atoms with van der Waals surface area (Å²) in [7, 11) is -0.218. The first-order valence-electron chi connectivity index (χ1n) is 8.92. The maximum Gasteiger partial charge on any atom is 0.158 e. The Hall–Kier alpha value is -2.13. The van der Waals surface area contributed by atoms with Crippen molar-refractivity contribution in [3.05, 3.63) is 72.1 Å². The van der Waals surface area contributed by atoms with Crippen LogP contribution in [0.15, 0.2) is 60.7 Å². The Morgan fingerprint density at radius 1 is 0.800 bits per heavy atom. The van der Waals surface area contributed by atoms with Crippen molar-refractivity contribution < 1.29 is 0 Å². The third kappa shape index (κ3) is 2.67. The molecule has 0 unspecified atom stereocenters. The van der Waals surface area contributed by atoms with Gasteiger partial charge in [0.2, 0.25) is 0 Å². The monoisotopic (exact) mass is 348 g/mol. The van der Waals surface area contributed by atoms with Gasteiger partial charge in [0.25, 0.3) is 0 Å². The predicted molar refractivity (Wildman–Crippen MR) is 110 cm³/mol. The van der Waals surface area contributed by atoms with Crippen molar-refractivity contribution in [3.63, 3.8) is 0 Å². The van der Waals surface area contributed by atoms with E-state index in [1.165, 1.54) is 21.3 Å². The Morgan fingerprint density at radius 2 is 1.24 bits per heavy atom. The first-order chi connectivity index (χ1) is 11.8. The fourth-order valence-corrected chi connectivity index (χ4v) is 10.5. The molecule has 0 saturated heterocycles. The molecule has 1 heterocycles. The molecule has 25 heavy (non-hydrogen) atoms. The van der Waals surface area contributed by atoms with Gasteiger partial charge in [-0.25, -0.2) is 0 Å². The van der Waals surface area contributed by atoms with Gasteiger partial charge in [-0.15, -0.1) is 0 Å². The second kappa shape index (κ2) is 6.30. The van der Waals surface area contributed by atoms with Crippen molar-refractivity contribution in [1.82, 2.24) is 9.78 Å². The van der Waals surface area contributed by atoms with Crippen molar-refractivity contribution >= 4 is 23.6 Å². The number of hydrogen-bond donors (Lipinski definition) is 0. The van der Waals surface area contributed by atoms with Gasteiger partial charge in [-0.2, -0.15) is 5.10 Å². The quantitative estimate of drug-likeness (QED) is 0.664. The van der Waals surface area contributed by atoms with Crippen LogP contribution in [0.2, 0.25) is 5.04 Å². The van der Waals surface area contributed by atoms with E-state index in [1.54, 1.807) is 0 Å². The molecule has 0 aliphatic heterocycles. The molecule has 0 saturated carbocycles. The molecule has 0 spiro atoms. The van der Waals surface area contributed by atoms with E-state index in [-0.39, 0.29) is 5.04 Å². The average molecular weight is 349 g/mol. The molecule has 0 radical (unpaired) electrons. The van der Waals surface area contributed by atoms with Gasteiger partial charge in [-0.05, 0) is 34.4 Å². The summed E-state index contributed by atoms with van der Waals surface area (Å²) in [6.07, 6.45) is 0. The number of benzene rings is 2. The molecule has 0 N–H and O–H groups in total. The highest BCUT2D eigenvalue weighted by Crippen LogP contribution is 2.36. The summed E-state index contributed by atoms with van der Waals surface area (Å²) < 4.78 is 2.05. The number of aryl methyl sites for hydroxylation is 2. The van der Waals surface area contributed by atoms with Gasteiger partial charge in [-0.1, -0.05) is 81.4 Å². The smallest absolute Gasteiger partial charge is 0.158 e. The van der Waals surface area contributed by atoms with E-state index in [0.29, 0.717) is 0 Å². The molecule has 130 valence electrons. The summed E-state index contributed by atoms with van der Waals surface area (Å²) in [6.45, 7) is 11.6. The Balaban J connectivity index is 2.51. The number of rotatable bonds is 3. The van der Waals surface area contributed by atoms with Crippen LogP contribution in [0.25, 0.3) is 0 Å². The van der Waals surface area contributed by atoms with Crippen molar-refractivity contribution in [2.24, 2.45) is 7.05 Å². The molecule has 2 nitrogen and oxygen atoms in total. The summed E-state index contributed by atoms with van der Waals surface area (Å²) in [5.41, 5.74) is 2.45. The lowest BCUT2D eigenvalue weighted by Gasteiger charge is -2.44. The van der Waals surface area contributed by atoms with E-state index in [4.69, 9.17) is 5.10 Å². The second-order valence-corrected chi connectivity index (χ2v) is 12.6. The summed E-state index contributed by atoms with van der Waals surface area (Å²) in [4.78, 5) is 0. The van der Waals surface area contributed by atoms with Crippen LogP contribution in [0.3, 0.4) is 0 Å². The number of aromatic nitrogens is 2. The molecule has 3 heteroatoms. The first kappa shape index (κ1) is 17.7. The SMILES string of the molecule is Cc1nn(C)c(C)c1[Si](c1ccccc1)(c1ccccc1)C(C)(C)C. The van der Waals surface area contributed by atoms with Crippen molar-refractivity contribution in [3.8, 4) is 0 Å². The third-order valence-corrected chi connectivity index (χ3v) is 11.5. The number of hydrogen-bond acceptors (Lipinski definition) is 1. The van der Waals surface area contributed by atoms with E-state index >= 15 is 0 Å². The van der Waals surface area contributed by atoms with Crippen LogP contribution < -0.4 is 15.6 Å². The van der Waals surface area contributed by atoms with Gasteiger partial charge in [-0.3, -0.25) is 4.68 Å². The van der Waals surface area contributed by atoms with Crippen LogP contribution in [-0.4, -0.2) is 17.9 Å². The van der Waals surface area contributed by atoms with Crippen LogP contribution in [0.4, 0.5) is 0 Å². The van der Waals surface area contributed by atoms with Crippen LogP contribution >= 0.6 is 0 Å². The highest BCUT2D eigenvalue weighted by Gasteiger charge is 2.51. The molecule has 3 rings (SSSR count). The molecular formula is C22H28N2Si. The molecule has 0 aliphatic rings. The Morgan fingerprint density at radius 3 is 1.56 bits per heavy atom. The standard InChI is InChI=1S/C22H28N2Si/c1-17-21(18(2)24(6)23-17)25(22(3,4)5,19-13-9-7-10-14-19)20-15-11-8-12-16-20/h7-16H,1-6H3. The molecule has 0 atom stereocenters. The van der Waals surface area contributed by atoms with Crippen molar-refractivity contribution in [2.45, 2.75) is 39.7 Å². The normalized spacial score (nSPS) is 12.4. The topological polar surface area (TPSA) is 17.8 Å². The minimum Gasteiger partial charge on any atom is -0.273 e. The Kier molecular flexibility index (Phi) is 4.46. The van der Waals surface area contributed by atoms with Gasteiger partial charge in [0.15, 0.2) is 8.07 Å². The van der Waals surface area contributed by atoms with Crippen molar-refractivity contribution in [2.75, 3.05) is 0 Å². The Labute approximate surface area is 152 Å². The highest BCUT2D eigenvalue weighted by atomic mass is 28.3. The highest BCUT2D eigenvalue weighted by molar-refractivity contribution is 7.13. The number of nitrogens with zero attached hydrogens (tertiary/aromatic N) is 2. The zero-order chi connectivity index (χ0) is 18.2. The summed E-state index contributed by atoms with van der Waals surface area (Å²) in [6, 6.07) is 22.2. The summed E-state index contributed by atoms with van der Waals surface area (Å²) >= 11 is 0. The minimum absolute atomic E-state index is 0.105. The zero-order valence-electron chi connectivity index (χ0n) is 16.2. The molecule has 0 fully saturated rings. The van der Waals surface area contributed by atoms with Gasteiger partial charge in [0, 0.05) is 12.7 Å². The van der Waals surface area contributed by atoms with E-state index < -0.39 is 8.07 Å². The van der Waals surface area contributed by atoms with E-state index in [0.717, 1.165) is 5.69 Å². The molecule has 0 aliphatic carbocycles. The maximum absolute atomic E-state index is 4.79. The Bertz CT molecular complexity index is 819.